The molecule has 0 spiro atoms. The topological polar surface area (TPSA) is 15.3 Å². The maximum absolute atomic E-state index is 3.53. The van der Waals surface area contributed by atoms with Crippen molar-refractivity contribution in [2.75, 3.05) is 9.84 Å². The van der Waals surface area contributed by atoms with Gasteiger partial charge in [-0.05, 0) is 29.0 Å². The lowest BCUT2D eigenvalue weighted by Gasteiger charge is -2.21. The van der Waals surface area contributed by atoms with E-state index >= 15 is 0 Å². The second-order valence-electron chi connectivity index (χ2n) is 5.66. The van der Waals surface area contributed by atoms with Gasteiger partial charge in [0.05, 0.1) is 16.3 Å². The lowest BCUT2D eigenvalue weighted by Crippen LogP contribution is -2.17. The number of para-hydroxylation sites is 1. The molecule has 0 atom stereocenters. The number of nitrogens with one attached hydrogen (secondary N) is 1. The van der Waals surface area contributed by atoms with E-state index in [1.807, 2.05) is 0 Å². The number of nitrogens with zero attached hydrogens (tertiary/aromatic N) is 1. The van der Waals surface area contributed by atoms with Gasteiger partial charge in [-0.25, -0.2) is 4.41 Å². The van der Waals surface area contributed by atoms with Gasteiger partial charge >= 0.3 is 0 Å². The first-order valence-electron chi connectivity index (χ1n) is 7.64. The SMILES string of the molecule is c1ccc2c(c1)NN(c1c3ccccc3cc3ccccc13)S2. The summed E-state index contributed by atoms with van der Waals surface area (Å²) in [6, 6.07) is 27.8. The Balaban J connectivity index is 1.79. The molecule has 4 aromatic rings. The number of benzene rings is 4. The van der Waals surface area contributed by atoms with Gasteiger partial charge in [-0.2, -0.15) is 0 Å². The summed E-state index contributed by atoms with van der Waals surface area (Å²) >= 11 is 1.74. The summed E-state index contributed by atoms with van der Waals surface area (Å²) < 4.78 is 2.19. The molecular formula is C20H14N2S. The van der Waals surface area contributed by atoms with Crippen LogP contribution >= 0.6 is 11.9 Å². The van der Waals surface area contributed by atoms with Gasteiger partial charge in [-0.15, -0.1) is 0 Å². The number of hydrazine groups is 1. The minimum absolute atomic E-state index is 1.16. The van der Waals surface area contributed by atoms with Crippen LogP contribution in [0.4, 0.5) is 11.4 Å². The summed E-state index contributed by atoms with van der Waals surface area (Å²) in [5, 5.41) is 5.05. The molecule has 2 nitrogen and oxygen atoms in total. The summed E-state index contributed by atoms with van der Waals surface area (Å²) in [6.45, 7) is 0. The zero-order valence-corrected chi connectivity index (χ0v) is 13.2. The molecular weight excluding hydrogens is 300 g/mol. The van der Waals surface area contributed by atoms with Crippen LogP contribution in [0.1, 0.15) is 0 Å². The summed E-state index contributed by atoms with van der Waals surface area (Å²) in [6.07, 6.45) is 0. The Kier molecular flexibility index (Phi) is 2.76. The van der Waals surface area contributed by atoms with Crippen LogP contribution in [0.5, 0.6) is 0 Å². The second kappa shape index (κ2) is 4.93. The Labute approximate surface area is 138 Å². The van der Waals surface area contributed by atoms with Crippen LogP contribution in [0.3, 0.4) is 0 Å². The van der Waals surface area contributed by atoms with Crippen molar-refractivity contribution in [2.24, 2.45) is 0 Å². The zero-order chi connectivity index (χ0) is 15.2. The first-order valence-corrected chi connectivity index (χ1v) is 8.42. The molecule has 1 aliphatic rings. The minimum Gasteiger partial charge on any atom is -0.287 e. The molecule has 1 heterocycles. The predicted molar refractivity (Wildman–Crippen MR) is 99.9 cm³/mol. The van der Waals surface area contributed by atoms with Gasteiger partial charge in [0.25, 0.3) is 0 Å². The Hall–Kier alpha value is -2.65. The van der Waals surface area contributed by atoms with E-state index in [2.05, 4.69) is 88.7 Å². The van der Waals surface area contributed by atoms with Gasteiger partial charge in [-0.3, -0.25) is 5.43 Å². The highest BCUT2D eigenvalue weighted by molar-refractivity contribution is 8.01. The van der Waals surface area contributed by atoms with E-state index in [9.17, 15) is 0 Å². The fraction of sp³-hybridized carbons (Fsp3) is 0. The average Bonchev–Trinajstić information content (AvgIpc) is 3.03. The van der Waals surface area contributed by atoms with Crippen molar-refractivity contribution >= 4 is 44.9 Å². The monoisotopic (exact) mass is 314 g/mol. The molecule has 0 radical (unpaired) electrons. The number of anilines is 2. The van der Waals surface area contributed by atoms with Gasteiger partial charge < -0.3 is 0 Å². The minimum atomic E-state index is 1.16. The Morgan fingerprint density at radius 2 is 1.30 bits per heavy atom. The molecule has 1 N–H and O–H groups in total. The van der Waals surface area contributed by atoms with Crippen LogP contribution in [0.2, 0.25) is 0 Å². The molecule has 0 aliphatic carbocycles. The fourth-order valence-corrected chi connectivity index (χ4v) is 4.16. The standard InChI is InChI=1S/C20H14N2S/c1-3-9-16-14(7-1)13-15-8-2-4-10-17(15)20(16)22-21-18-11-5-6-12-19(18)23-22/h1-13,21H. The van der Waals surface area contributed by atoms with E-state index in [0.29, 0.717) is 0 Å². The van der Waals surface area contributed by atoms with Crippen molar-refractivity contribution < 1.29 is 0 Å². The molecule has 1 aliphatic heterocycles. The van der Waals surface area contributed by atoms with E-state index in [0.717, 1.165) is 5.69 Å². The maximum atomic E-state index is 3.53. The van der Waals surface area contributed by atoms with Crippen molar-refractivity contribution in [3.05, 3.63) is 78.9 Å². The quantitative estimate of drug-likeness (QED) is 0.350. The highest BCUT2D eigenvalue weighted by Gasteiger charge is 2.23. The Morgan fingerprint density at radius 3 is 2.00 bits per heavy atom. The van der Waals surface area contributed by atoms with Crippen LogP contribution in [0.15, 0.2) is 83.8 Å². The molecule has 5 rings (SSSR count). The van der Waals surface area contributed by atoms with Crippen LogP contribution < -0.4 is 9.84 Å². The molecule has 0 aromatic heterocycles. The highest BCUT2D eigenvalue weighted by atomic mass is 32.2. The lowest BCUT2D eigenvalue weighted by molar-refractivity contribution is 1.33. The molecule has 110 valence electrons. The van der Waals surface area contributed by atoms with Crippen LogP contribution in [-0.4, -0.2) is 0 Å². The van der Waals surface area contributed by atoms with Crippen LogP contribution in [0, 0.1) is 0 Å². The molecule has 3 heteroatoms. The molecule has 0 saturated heterocycles. The number of fused-ring (bicyclic) bond motifs is 3. The Morgan fingerprint density at radius 1 is 0.696 bits per heavy atom. The number of hydrogen-bond donors (Lipinski definition) is 1. The lowest BCUT2D eigenvalue weighted by atomic mass is 10.0. The van der Waals surface area contributed by atoms with E-state index in [4.69, 9.17) is 0 Å². The third kappa shape index (κ3) is 1.97. The van der Waals surface area contributed by atoms with Crippen LogP contribution in [0.25, 0.3) is 21.5 Å². The molecule has 0 saturated carbocycles. The summed E-state index contributed by atoms with van der Waals surface area (Å²) in [5.41, 5.74) is 5.92. The molecule has 0 bridgehead atoms. The van der Waals surface area contributed by atoms with E-state index in [1.165, 1.54) is 32.1 Å². The average molecular weight is 314 g/mol. The van der Waals surface area contributed by atoms with Gasteiger partial charge in [-0.1, -0.05) is 60.7 Å². The molecule has 0 fully saturated rings. The molecule has 4 aromatic carbocycles. The molecule has 23 heavy (non-hydrogen) atoms. The first kappa shape index (κ1) is 12.9. The summed E-state index contributed by atoms with van der Waals surface area (Å²) in [4.78, 5) is 1.25. The van der Waals surface area contributed by atoms with Gasteiger partial charge in [0.2, 0.25) is 0 Å². The van der Waals surface area contributed by atoms with Crippen LogP contribution in [-0.2, 0) is 0 Å². The van der Waals surface area contributed by atoms with Crippen molar-refractivity contribution in [2.45, 2.75) is 4.90 Å². The summed E-state index contributed by atoms with van der Waals surface area (Å²) in [7, 11) is 0. The van der Waals surface area contributed by atoms with Gasteiger partial charge in [0, 0.05) is 22.7 Å². The van der Waals surface area contributed by atoms with Crippen molar-refractivity contribution in [3.8, 4) is 0 Å². The predicted octanol–water partition coefficient (Wildman–Crippen LogP) is 5.85. The highest BCUT2D eigenvalue weighted by Crippen LogP contribution is 2.45. The second-order valence-corrected chi connectivity index (χ2v) is 6.65. The number of rotatable bonds is 1. The zero-order valence-electron chi connectivity index (χ0n) is 12.4. The molecule has 0 amide bonds. The largest absolute Gasteiger partial charge is 0.287 e. The fourth-order valence-electron chi connectivity index (χ4n) is 3.18. The normalized spacial score (nSPS) is 13.3. The smallest absolute Gasteiger partial charge is 0.0861 e. The summed E-state index contributed by atoms with van der Waals surface area (Å²) in [5.74, 6) is 0. The molecule has 0 unspecified atom stereocenters. The van der Waals surface area contributed by atoms with Crippen molar-refractivity contribution in [1.82, 2.24) is 0 Å². The van der Waals surface area contributed by atoms with E-state index < -0.39 is 0 Å². The Bertz CT molecular complexity index is 963. The number of hydrogen-bond acceptors (Lipinski definition) is 3. The van der Waals surface area contributed by atoms with Crippen molar-refractivity contribution in [3.63, 3.8) is 0 Å². The maximum Gasteiger partial charge on any atom is 0.0861 e. The van der Waals surface area contributed by atoms with E-state index in [-0.39, 0.29) is 0 Å². The first-order chi connectivity index (χ1) is 11.4. The van der Waals surface area contributed by atoms with E-state index in [1.54, 1.807) is 11.9 Å². The van der Waals surface area contributed by atoms with Gasteiger partial charge in [0.15, 0.2) is 0 Å². The van der Waals surface area contributed by atoms with Crippen molar-refractivity contribution in [1.29, 1.82) is 0 Å². The third-order valence-corrected chi connectivity index (χ3v) is 5.25. The van der Waals surface area contributed by atoms with Gasteiger partial charge in [0.1, 0.15) is 0 Å². The third-order valence-electron chi connectivity index (χ3n) is 4.24.